The van der Waals surface area contributed by atoms with Gasteiger partial charge in [-0.2, -0.15) is 0 Å². The van der Waals surface area contributed by atoms with E-state index < -0.39 is 6.36 Å². The molecule has 0 radical (unpaired) electrons. The molecule has 1 aromatic carbocycles. The summed E-state index contributed by atoms with van der Waals surface area (Å²) >= 11 is 0. The molecule has 0 saturated heterocycles. The maximum atomic E-state index is 12.3. The number of benzene rings is 1. The van der Waals surface area contributed by atoms with Gasteiger partial charge in [0.1, 0.15) is 11.3 Å². The van der Waals surface area contributed by atoms with Crippen molar-refractivity contribution in [2.45, 2.75) is 12.9 Å². The van der Waals surface area contributed by atoms with Crippen molar-refractivity contribution in [3.05, 3.63) is 55.1 Å². The Morgan fingerprint density at radius 1 is 1.31 bits per heavy atom. The number of amides is 1. The van der Waals surface area contributed by atoms with E-state index in [0.717, 1.165) is 6.08 Å². The number of carbonyl (C=O) groups excluding carboxylic acids is 1. The molecule has 0 aliphatic rings. The highest BCUT2D eigenvalue weighted by atomic mass is 19.4. The number of hydrogen-bond acceptors (Lipinski definition) is 5. The lowest BCUT2D eigenvalue weighted by molar-refractivity contribution is -0.274. The Labute approximate surface area is 145 Å². The van der Waals surface area contributed by atoms with Crippen LogP contribution < -0.4 is 10.1 Å². The standard InChI is InChI=1S/C17H12F3N3O3/c1-2-14(24)21-8-11-7-13(15-16(23-11)25-9-22-15)10-3-5-12(6-4-10)26-17(18,19)20/h2-7,9H,1,8H2,(H,21,24). The van der Waals surface area contributed by atoms with Crippen LogP contribution in [0.3, 0.4) is 0 Å². The van der Waals surface area contributed by atoms with Crippen LogP contribution in [0.5, 0.6) is 5.75 Å². The zero-order valence-corrected chi connectivity index (χ0v) is 13.2. The fourth-order valence-corrected chi connectivity index (χ4v) is 2.30. The highest BCUT2D eigenvalue weighted by Gasteiger charge is 2.31. The number of nitrogens with one attached hydrogen (secondary N) is 1. The Bertz CT molecular complexity index is 949. The molecule has 0 aliphatic carbocycles. The molecule has 3 rings (SSSR count). The number of fused-ring (bicyclic) bond motifs is 1. The Kier molecular flexibility index (Phi) is 4.61. The van der Waals surface area contributed by atoms with Gasteiger partial charge in [-0.1, -0.05) is 18.7 Å². The van der Waals surface area contributed by atoms with E-state index in [1.807, 2.05) is 0 Å². The molecule has 0 atom stereocenters. The van der Waals surface area contributed by atoms with Crippen molar-refractivity contribution in [1.82, 2.24) is 15.3 Å². The molecule has 2 heterocycles. The predicted octanol–water partition coefficient (Wildman–Crippen LogP) is 3.59. The maximum absolute atomic E-state index is 12.3. The van der Waals surface area contributed by atoms with Gasteiger partial charge >= 0.3 is 6.36 Å². The maximum Gasteiger partial charge on any atom is 0.573 e. The van der Waals surface area contributed by atoms with Crippen LogP contribution in [0.15, 0.2) is 53.8 Å². The zero-order chi connectivity index (χ0) is 18.7. The first kappa shape index (κ1) is 17.5. The summed E-state index contributed by atoms with van der Waals surface area (Å²) in [6.45, 7) is 3.49. The van der Waals surface area contributed by atoms with Crippen LogP contribution in [0.25, 0.3) is 22.4 Å². The Morgan fingerprint density at radius 3 is 2.69 bits per heavy atom. The molecule has 26 heavy (non-hydrogen) atoms. The van der Waals surface area contributed by atoms with E-state index in [1.54, 1.807) is 6.07 Å². The van der Waals surface area contributed by atoms with Crippen molar-refractivity contribution >= 4 is 17.1 Å². The van der Waals surface area contributed by atoms with Gasteiger partial charge < -0.3 is 14.5 Å². The Hall–Kier alpha value is -3.36. The smallest absolute Gasteiger partial charge is 0.425 e. The summed E-state index contributed by atoms with van der Waals surface area (Å²) in [4.78, 5) is 19.6. The van der Waals surface area contributed by atoms with Gasteiger partial charge in [0.25, 0.3) is 0 Å². The highest BCUT2D eigenvalue weighted by Crippen LogP contribution is 2.30. The average molecular weight is 363 g/mol. The summed E-state index contributed by atoms with van der Waals surface area (Å²) in [6, 6.07) is 7.02. The van der Waals surface area contributed by atoms with Gasteiger partial charge in [-0.25, -0.2) is 9.97 Å². The SMILES string of the molecule is C=CC(=O)NCc1cc(-c2ccc(OC(F)(F)F)cc2)c2ncoc2n1. The molecule has 3 aromatic rings. The monoisotopic (exact) mass is 363 g/mol. The second kappa shape index (κ2) is 6.87. The number of oxazole rings is 1. The van der Waals surface area contributed by atoms with Crippen molar-refractivity contribution in [3.63, 3.8) is 0 Å². The normalized spacial score (nSPS) is 11.3. The number of rotatable bonds is 5. The fraction of sp³-hybridized carbons (Fsp3) is 0.118. The molecule has 0 saturated carbocycles. The lowest BCUT2D eigenvalue weighted by Crippen LogP contribution is -2.20. The molecule has 134 valence electrons. The van der Waals surface area contributed by atoms with Crippen LogP contribution in [-0.2, 0) is 11.3 Å². The number of aromatic nitrogens is 2. The third-order valence-electron chi connectivity index (χ3n) is 3.39. The summed E-state index contributed by atoms with van der Waals surface area (Å²) in [5.74, 6) is -0.690. The van der Waals surface area contributed by atoms with Crippen LogP contribution in [-0.4, -0.2) is 22.2 Å². The number of halogens is 3. The lowest BCUT2D eigenvalue weighted by atomic mass is 10.0. The van der Waals surface area contributed by atoms with Crippen molar-refractivity contribution in [2.75, 3.05) is 0 Å². The number of ether oxygens (including phenoxy) is 1. The van der Waals surface area contributed by atoms with E-state index in [0.29, 0.717) is 22.3 Å². The zero-order valence-electron chi connectivity index (χ0n) is 13.2. The quantitative estimate of drug-likeness (QED) is 0.701. The van der Waals surface area contributed by atoms with Crippen molar-refractivity contribution in [2.24, 2.45) is 0 Å². The van der Waals surface area contributed by atoms with Crippen molar-refractivity contribution in [3.8, 4) is 16.9 Å². The number of nitrogens with zero attached hydrogens (tertiary/aromatic N) is 2. The molecule has 0 spiro atoms. The van der Waals surface area contributed by atoms with Gasteiger partial charge in [-0.05, 0) is 29.8 Å². The van der Waals surface area contributed by atoms with Crippen LogP contribution in [0.4, 0.5) is 13.2 Å². The van der Waals surface area contributed by atoms with Crippen LogP contribution in [0.1, 0.15) is 5.69 Å². The van der Waals surface area contributed by atoms with Gasteiger partial charge in [-0.3, -0.25) is 4.79 Å². The van der Waals surface area contributed by atoms with Gasteiger partial charge in [0.15, 0.2) is 6.39 Å². The molecular weight excluding hydrogens is 351 g/mol. The lowest BCUT2D eigenvalue weighted by Gasteiger charge is -2.10. The fourth-order valence-electron chi connectivity index (χ4n) is 2.30. The van der Waals surface area contributed by atoms with Gasteiger partial charge in [0.2, 0.25) is 11.6 Å². The minimum absolute atomic E-state index is 0.129. The number of alkyl halides is 3. The molecule has 0 aliphatic heterocycles. The first-order chi connectivity index (χ1) is 12.4. The van der Waals surface area contributed by atoms with Crippen LogP contribution >= 0.6 is 0 Å². The van der Waals surface area contributed by atoms with E-state index in [9.17, 15) is 18.0 Å². The largest absolute Gasteiger partial charge is 0.573 e. The third kappa shape index (κ3) is 4.00. The molecule has 6 nitrogen and oxygen atoms in total. The van der Waals surface area contributed by atoms with Crippen LogP contribution in [0.2, 0.25) is 0 Å². The van der Waals surface area contributed by atoms with E-state index in [1.165, 1.54) is 30.7 Å². The summed E-state index contributed by atoms with van der Waals surface area (Å²) in [6.07, 6.45) is -2.41. The molecule has 0 bridgehead atoms. The molecular formula is C17H12F3N3O3. The number of carbonyl (C=O) groups is 1. The summed E-state index contributed by atoms with van der Waals surface area (Å²) in [5.41, 5.74) is 2.40. The summed E-state index contributed by atoms with van der Waals surface area (Å²) in [7, 11) is 0. The Balaban J connectivity index is 1.94. The molecule has 0 fully saturated rings. The third-order valence-corrected chi connectivity index (χ3v) is 3.39. The van der Waals surface area contributed by atoms with E-state index >= 15 is 0 Å². The van der Waals surface area contributed by atoms with E-state index in [-0.39, 0.29) is 23.9 Å². The predicted molar refractivity (Wildman–Crippen MR) is 86.0 cm³/mol. The van der Waals surface area contributed by atoms with E-state index in [4.69, 9.17) is 4.42 Å². The highest BCUT2D eigenvalue weighted by molar-refractivity contribution is 5.89. The Morgan fingerprint density at radius 2 is 2.04 bits per heavy atom. The number of hydrogen-bond donors (Lipinski definition) is 1. The number of pyridine rings is 1. The molecule has 9 heteroatoms. The van der Waals surface area contributed by atoms with Crippen molar-refractivity contribution < 1.29 is 27.1 Å². The first-order valence-electron chi connectivity index (χ1n) is 7.35. The van der Waals surface area contributed by atoms with E-state index in [2.05, 4.69) is 26.6 Å². The minimum atomic E-state index is -4.76. The van der Waals surface area contributed by atoms with Gasteiger partial charge in [0.05, 0.1) is 12.2 Å². The van der Waals surface area contributed by atoms with Gasteiger partial charge in [-0.15, -0.1) is 13.2 Å². The first-order valence-corrected chi connectivity index (χ1v) is 7.35. The molecule has 1 amide bonds. The van der Waals surface area contributed by atoms with Gasteiger partial charge in [0, 0.05) is 5.56 Å². The second-order valence-corrected chi connectivity index (χ2v) is 5.16. The minimum Gasteiger partial charge on any atom is -0.425 e. The molecule has 2 aromatic heterocycles. The summed E-state index contributed by atoms with van der Waals surface area (Å²) in [5, 5.41) is 2.59. The second-order valence-electron chi connectivity index (χ2n) is 5.16. The average Bonchev–Trinajstić information content (AvgIpc) is 3.06. The van der Waals surface area contributed by atoms with Crippen LogP contribution in [0, 0.1) is 0 Å². The van der Waals surface area contributed by atoms with Crippen molar-refractivity contribution in [1.29, 1.82) is 0 Å². The molecule has 0 unspecified atom stereocenters. The molecule has 1 N–H and O–H groups in total. The summed E-state index contributed by atoms with van der Waals surface area (Å²) < 4.78 is 45.9. The topological polar surface area (TPSA) is 77.2 Å².